The van der Waals surface area contributed by atoms with Crippen LogP contribution in [0.15, 0.2) is 18.2 Å². The maximum atomic E-state index is 12.2. The van der Waals surface area contributed by atoms with Crippen molar-refractivity contribution in [3.8, 4) is 5.75 Å². The molecule has 2 amide bonds. The fraction of sp³-hybridized carbons (Fsp3) is 0.500. The molecule has 0 spiro atoms. The van der Waals surface area contributed by atoms with Gasteiger partial charge in [0.1, 0.15) is 11.8 Å². The first-order valence-electron chi connectivity index (χ1n) is 6.91. The number of amides is 2. The van der Waals surface area contributed by atoms with Crippen LogP contribution in [-0.2, 0) is 9.59 Å². The molecule has 0 heterocycles. The van der Waals surface area contributed by atoms with Crippen LogP contribution < -0.4 is 15.4 Å². The van der Waals surface area contributed by atoms with Crippen LogP contribution in [0.4, 0.5) is 5.69 Å². The van der Waals surface area contributed by atoms with E-state index in [1.54, 1.807) is 40.9 Å². The molecule has 1 aromatic carbocycles. The maximum absolute atomic E-state index is 12.2. The molecule has 0 aliphatic carbocycles. The summed E-state index contributed by atoms with van der Waals surface area (Å²) in [6.45, 7) is 8.99. The Bertz CT molecular complexity index is 533. The van der Waals surface area contributed by atoms with Crippen LogP contribution in [-0.4, -0.2) is 25.0 Å². The minimum absolute atomic E-state index is 0.165. The zero-order valence-corrected chi connectivity index (χ0v) is 13.5. The molecule has 0 unspecified atom stereocenters. The smallest absolute Gasteiger partial charge is 0.246 e. The Labute approximate surface area is 126 Å². The van der Waals surface area contributed by atoms with Crippen LogP contribution in [0.2, 0.25) is 0 Å². The third kappa shape index (κ3) is 4.77. The Balaban J connectivity index is 2.77. The second kappa shape index (κ2) is 6.61. The largest absolute Gasteiger partial charge is 0.495 e. The van der Waals surface area contributed by atoms with Crippen LogP contribution in [0, 0.1) is 12.3 Å². The van der Waals surface area contributed by atoms with Crippen LogP contribution in [0.3, 0.4) is 0 Å². The number of anilines is 1. The summed E-state index contributed by atoms with van der Waals surface area (Å²) in [4.78, 5) is 24.1. The van der Waals surface area contributed by atoms with Gasteiger partial charge in [-0.1, -0.05) is 26.8 Å². The van der Waals surface area contributed by atoms with E-state index in [9.17, 15) is 9.59 Å². The second-order valence-corrected chi connectivity index (χ2v) is 6.14. The van der Waals surface area contributed by atoms with Crippen molar-refractivity contribution in [2.24, 2.45) is 5.41 Å². The fourth-order valence-electron chi connectivity index (χ4n) is 1.64. The molecule has 2 N–H and O–H groups in total. The van der Waals surface area contributed by atoms with E-state index >= 15 is 0 Å². The van der Waals surface area contributed by atoms with Crippen molar-refractivity contribution in [3.63, 3.8) is 0 Å². The molecule has 5 nitrogen and oxygen atoms in total. The van der Waals surface area contributed by atoms with Crippen molar-refractivity contribution in [2.45, 2.75) is 40.7 Å². The van der Waals surface area contributed by atoms with Gasteiger partial charge < -0.3 is 15.4 Å². The summed E-state index contributed by atoms with van der Waals surface area (Å²) in [5.74, 6) is 0.140. The minimum Gasteiger partial charge on any atom is -0.495 e. The number of methoxy groups -OCH3 is 1. The minimum atomic E-state index is -0.623. The Morgan fingerprint density at radius 2 is 1.86 bits per heavy atom. The lowest BCUT2D eigenvalue weighted by Gasteiger charge is -2.21. The number of carbonyl (C=O) groups is 2. The highest BCUT2D eigenvalue weighted by Crippen LogP contribution is 2.25. The first kappa shape index (κ1) is 17.0. The molecule has 1 aromatic rings. The number of nitrogens with one attached hydrogen (secondary N) is 2. The molecule has 0 aliphatic heterocycles. The predicted octanol–water partition coefficient (Wildman–Crippen LogP) is 2.49. The van der Waals surface area contributed by atoms with Gasteiger partial charge in [0.2, 0.25) is 11.8 Å². The number of aryl methyl sites for hydroxylation is 1. The third-order valence-corrected chi connectivity index (χ3v) is 3.03. The average Bonchev–Trinajstić information content (AvgIpc) is 2.37. The zero-order valence-electron chi connectivity index (χ0n) is 13.5. The van der Waals surface area contributed by atoms with Crippen LogP contribution >= 0.6 is 0 Å². The standard InChI is InChI=1S/C16H24N2O3/c1-10-7-8-13(21-6)12(9-10)18-14(19)11(2)17-15(20)16(3,4)5/h7-9,11H,1-6H3,(H,17,20)(H,18,19)/t11-/m0/s1. The molecule has 116 valence electrons. The van der Waals surface area contributed by atoms with E-state index in [4.69, 9.17) is 4.74 Å². The van der Waals surface area contributed by atoms with Crippen LogP contribution in [0.1, 0.15) is 33.3 Å². The Morgan fingerprint density at radius 3 is 2.38 bits per heavy atom. The molecule has 0 saturated heterocycles. The van der Waals surface area contributed by atoms with E-state index < -0.39 is 11.5 Å². The molecule has 0 fully saturated rings. The van der Waals surface area contributed by atoms with Gasteiger partial charge in [-0.05, 0) is 31.5 Å². The number of benzene rings is 1. The fourth-order valence-corrected chi connectivity index (χ4v) is 1.64. The molecular weight excluding hydrogens is 268 g/mol. The van der Waals surface area contributed by atoms with E-state index in [0.29, 0.717) is 11.4 Å². The number of rotatable bonds is 4. The summed E-state index contributed by atoms with van der Waals surface area (Å²) < 4.78 is 5.21. The molecule has 0 saturated carbocycles. The number of hydrogen-bond donors (Lipinski definition) is 2. The Hall–Kier alpha value is -2.04. The van der Waals surface area contributed by atoms with Crippen molar-refractivity contribution in [1.29, 1.82) is 0 Å². The highest BCUT2D eigenvalue weighted by Gasteiger charge is 2.25. The normalized spacial score (nSPS) is 12.5. The molecule has 21 heavy (non-hydrogen) atoms. The van der Waals surface area contributed by atoms with E-state index in [2.05, 4.69) is 10.6 Å². The average molecular weight is 292 g/mol. The summed E-state index contributed by atoms with van der Waals surface area (Å²) in [6.07, 6.45) is 0. The quantitative estimate of drug-likeness (QED) is 0.896. The van der Waals surface area contributed by atoms with Crippen molar-refractivity contribution in [2.75, 3.05) is 12.4 Å². The Kier molecular flexibility index (Phi) is 5.35. The van der Waals surface area contributed by atoms with Gasteiger partial charge in [-0.25, -0.2) is 0 Å². The predicted molar refractivity (Wildman–Crippen MR) is 83.4 cm³/mol. The van der Waals surface area contributed by atoms with Gasteiger partial charge in [0, 0.05) is 5.41 Å². The second-order valence-electron chi connectivity index (χ2n) is 6.14. The topological polar surface area (TPSA) is 67.4 Å². The lowest BCUT2D eigenvalue weighted by atomic mass is 9.95. The summed E-state index contributed by atoms with van der Waals surface area (Å²) in [7, 11) is 1.55. The number of hydrogen-bond acceptors (Lipinski definition) is 3. The van der Waals surface area contributed by atoms with Crippen molar-refractivity contribution in [3.05, 3.63) is 23.8 Å². The van der Waals surface area contributed by atoms with Crippen LogP contribution in [0.5, 0.6) is 5.75 Å². The SMILES string of the molecule is COc1ccc(C)cc1NC(=O)[C@H](C)NC(=O)C(C)(C)C. The van der Waals surface area contributed by atoms with Crippen molar-refractivity contribution < 1.29 is 14.3 Å². The van der Waals surface area contributed by atoms with E-state index in [1.165, 1.54) is 0 Å². The monoisotopic (exact) mass is 292 g/mol. The highest BCUT2D eigenvalue weighted by molar-refractivity contribution is 5.98. The van der Waals surface area contributed by atoms with Gasteiger partial charge >= 0.3 is 0 Å². The first-order valence-corrected chi connectivity index (χ1v) is 6.91. The lowest BCUT2D eigenvalue weighted by Crippen LogP contribution is -2.46. The first-order chi connectivity index (χ1) is 9.65. The van der Waals surface area contributed by atoms with E-state index in [1.807, 2.05) is 19.1 Å². The third-order valence-electron chi connectivity index (χ3n) is 3.03. The van der Waals surface area contributed by atoms with Gasteiger partial charge in [0.25, 0.3) is 0 Å². The zero-order chi connectivity index (χ0) is 16.2. The summed E-state index contributed by atoms with van der Waals surface area (Å²) >= 11 is 0. The van der Waals surface area contributed by atoms with Gasteiger partial charge in [0.15, 0.2) is 0 Å². The lowest BCUT2D eigenvalue weighted by molar-refractivity contribution is -0.131. The molecule has 0 bridgehead atoms. The van der Waals surface area contributed by atoms with Gasteiger partial charge in [-0.3, -0.25) is 9.59 Å². The summed E-state index contributed by atoms with van der Waals surface area (Å²) in [5.41, 5.74) is 1.08. The molecule has 5 heteroatoms. The van der Waals surface area contributed by atoms with Gasteiger partial charge in [-0.2, -0.15) is 0 Å². The van der Waals surface area contributed by atoms with Gasteiger partial charge in [0.05, 0.1) is 12.8 Å². The Morgan fingerprint density at radius 1 is 1.24 bits per heavy atom. The summed E-state index contributed by atoms with van der Waals surface area (Å²) in [5, 5.41) is 5.48. The van der Waals surface area contributed by atoms with E-state index in [0.717, 1.165) is 5.56 Å². The number of ether oxygens (including phenoxy) is 1. The molecule has 1 rings (SSSR count). The molecular formula is C16H24N2O3. The van der Waals surface area contributed by atoms with Gasteiger partial charge in [-0.15, -0.1) is 0 Å². The van der Waals surface area contributed by atoms with E-state index in [-0.39, 0.29) is 11.8 Å². The molecule has 1 atom stereocenters. The highest BCUT2D eigenvalue weighted by atomic mass is 16.5. The molecule has 0 aromatic heterocycles. The van der Waals surface area contributed by atoms with Crippen molar-refractivity contribution in [1.82, 2.24) is 5.32 Å². The molecule has 0 aliphatic rings. The number of carbonyl (C=O) groups excluding carboxylic acids is 2. The van der Waals surface area contributed by atoms with Crippen LogP contribution in [0.25, 0.3) is 0 Å². The van der Waals surface area contributed by atoms with Crippen molar-refractivity contribution >= 4 is 17.5 Å². The molecule has 0 radical (unpaired) electrons. The maximum Gasteiger partial charge on any atom is 0.246 e. The summed E-state index contributed by atoms with van der Waals surface area (Å²) in [6, 6.07) is 4.90.